The van der Waals surface area contributed by atoms with E-state index in [1.165, 1.54) is 6.07 Å². The number of fused-ring (bicyclic) bond motifs is 2. The minimum atomic E-state index is -0.378. The first kappa shape index (κ1) is 19.9. The number of nitrogens with zero attached hydrogens (tertiary/aromatic N) is 3. The van der Waals surface area contributed by atoms with Crippen molar-refractivity contribution < 1.29 is 13.7 Å². The number of halogens is 1. The average molecular weight is 442 g/mol. The molecule has 6 nitrogen and oxygen atoms in total. The van der Waals surface area contributed by atoms with E-state index >= 15 is 0 Å². The number of hydrogen-bond donors (Lipinski definition) is 1. The topological polar surface area (TPSA) is 61.6 Å². The Labute approximate surface area is 190 Å². The van der Waals surface area contributed by atoms with Gasteiger partial charge in [0, 0.05) is 37.3 Å². The maximum absolute atomic E-state index is 14.5. The number of rotatable bonds is 4. The lowest BCUT2D eigenvalue weighted by molar-refractivity contribution is 0.104. The first-order valence-electron chi connectivity index (χ1n) is 11.2. The van der Waals surface area contributed by atoms with Gasteiger partial charge in [-0.3, -0.25) is 4.79 Å². The fraction of sp³-hybridized carbons (Fsp3) is 0.231. The van der Waals surface area contributed by atoms with Gasteiger partial charge >= 0.3 is 0 Å². The van der Waals surface area contributed by atoms with Crippen LogP contribution in [0.3, 0.4) is 0 Å². The SMILES string of the molecule is CCN1CCN(c2cc(Nc3ccccc3F)c3c4c(onc24)-c2ccccc2C3=O)CC1. The molecule has 7 heteroatoms. The number of benzene rings is 3. The zero-order valence-corrected chi connectivity index (χ0v) is 18.3. The van der Waals surface area contributed by atoms with Crippen molar-refractivity contribution in [1.82, 2.24) is 10.1 Å². The average Bonchev–Trinajstić information content (AvgIpc) is 3.29. The Morgan fingerprint density at radius 3 is 2.48 bits per heavy atom. The van der Waals surface area contributed by atoms with Crippen molar-refractivity contribution in [2.24, 2.45) is 0 Å². The Kier molecular flexibility index (Phi) is 4.66. The molecule has 2 heterocycles. The maximum Gasteiger partial charge on any atom is 0.196 e. The van der Waals surface area contributed by atoms with E-state index in [0.29, 0.717) is 39.2 Å². The van der Waals surface area contributed by atoms with E-state index < -0.39 is 0 Å². The molecule has 6 rings (SSSR count). The summed E-state index contributed by atoms with van der Waals surface area (Å²) in [7, 11) is 0. The highest BCUT2D eigenvalue weighted by Gasteiger charge is 2.34. The van der Waals surface area contributed by atoms with E-state index in [1.807, 2.05) is 24.3 Å². The van der Waals surface area contributed by atoms with Gasteiger partial charge in [-0.15, -0.1) is 0 Å². The summed E-state index contributed by atoms with van der Waals surface area (Å²) in [5.41, 5.74) is 4.21. The summed E-state index contributed by atoms with van der Waals surface area (Å²) in [6.45, 7) is 6.76. The van der Waals surface area contributed by atoms with E-state index in [1.54, 1.807) is 24.3 Å². The van der Waals surface area contributed by atoms with Gasteiger partial charge < -0.3 is 19.6 Å². The smallest absolute Gasteiger partial charge is 0.196 e. The van der Waals surface area contributed by atoms with Gasteiger partial charge in [0.15, 0.2) is 11.5 Å². The molecule has 0 unspecified atom stereocenters. The third-order valence-electron chi connectivity index (χ3n) is 6.68. The van der Waals surface area contributed by atoms with Gasteiger partial charge in [0.05, 0.1) is 28.0 Å². The molecule has 3 aromatic carbocycles. The monoisotopic (exact) mass is 442 g/mol. The number of carbonyl (C=O) groups is 1. The van der Waals surface area contributed by atoms with Gasteiger partial charge in [-0.1, -0.05) is 48.5 Å². The number of likely N-dealkylation sites (N-methyl/N-ethyl adjacent to an activating group) is 1. The first-order valence-corrected chi connectivity index (χ1v) is 11.2. The van der Waals surface area contributed by atoms with Gasteiger partial charge in [0.2, 0.25) is 0 Å². The van der Waals surface area contributed by atoms with Crippen LogP contribution >= 0.6 is 0 Å². The molecular weight excluding hydrogens is 419 g/mol. The van der Waals surface area contributed by atoms with Crippen molar-refractivity contribution in [3.63, 3.8) is 0 Å². The molecule has 0 amide bonds. The quantitative estimate of drug-likeness (QED) is 0.420. The van der Waals surface area contributed by atoms with Gasteiger partial charge in [0.25, 0.3) is 0 Å². The number of piperazine rings is 1. The lowest BCUT2D eigenvalue weighted by Gasteiger charge is -2.36. The Balaban J connectivity index is 1.57. The third kappa shape index (κ3) is 3.11. The van der Waals surface area contributed by atoms with Crippen molar-refractivity contribution in [2.75, 3.05) is 42.9 Å². The van der Waals surface area contributed by atoms with Crippen LogP contribution in [0.15, 0.2) is 59.1 Å². The molecule has 1 saturated heterocycles. The maximum atomic E-state index is 14.5. The van der Waals surface area contributed by atoms with Crippen molar-refractivity contribution in [2.45, 2.75) is 6.92 Å². The van der Waals surface area contributed by atoms with E-state index in [2.05, 4.69) is 27.2 Å². The molecule has 0 spiro atoms. The minimum Gasteiger partial charge on any atom is -0.367 e. The Morgan fingerprint density at radius 2 is 1.73 bits per heavy atom. The van der Waals surface area contributed by atoms with Crippen LogP contribution in [0.4, 0.5) is 21.5 Å². The molecule has 1 fully saturated rings. The highest BCUT2D eigenvalue weighted by atomic mass is 19.1. The Bertz CT molecular complexity index is 1390. The Hall–Kier alpha value is -3.71. The van der Waals surface area contributed by atoms with E-state index in [9.17, 15) is 9.18 Å². The van der Waals surface area contributed by atoms with Crippen LogP contribution in [-0.2, 0) is 0 Å². The highest BCUT2D eigenvalue weighted by Crippen LogP contribution is 2.46. The number of nitrogens with one attached hydrogen (secondary N) is 1. The van der Waals surface area contributed by atoms with Crippen LogP contribution in [0.5, 0.6) is 0 Å². The molecule has 1 aliphatic heterocycles. The molecular formula is C26H23FN4O2. The van der Waals surface area contributed by atoms with Crippen molar-refractivity contribution in [1.29, 1.82) is 0 Å². The van der Waals surface area contributed by atoms with Crippen LogP contribution in [0.2, 0.25) is 0 Å². The second-order valence-electron chi connectivity index (χ2n) is 8.45. The summed E-state index contributed by atoms with van der Waals surface area (Å²) >= 11 is 0. The van der Waals surface area contributed by atoms with Crippen LogP contribution in [-0.4, -0.2) is 48.6 Å². The summed E-state index contributed by atoms with van der Waals surface area (Å²) < 4.78 is 20.4. The van der Waals surface area contributed by atoms with E-state index in [0.717, 1.165) is 44.0 Å². The Morgan fingerprint density at radius 1 is 1.00 bits per heavy atom. The summed E-state index contributed by atoms with van der Waals surface area (Å²) in [4.78, 5) is 18.3. The standard InChI is InChI=1S/C26H23FN4O2/c1-2-30-11-13-31(14-12-30)21-15-20(28-19-10-6-5-9-18(19)27)22-23-24(21)29-33-26(23)17-8-4-3-7-16(17)25(22)32/h3-10,15,28H,2,11-14H2,1H3. The van der Waals surface area contributed by atoms with Crippen LogP contribution in [0, 0.1) is 5.82 Å². The highest BCUT2D eigenvalue weighted by molar-refractivity contribution is 6.28. The van der Waals surface area contributed by atoms with Crippen molar-refractivity contribution in [3.8, 4) is 11.3 Å². The largest absolute Gasteiger partial charge is 0.367 e. The van der Waals surface area contributed by atoms with Crippen molar-refractivity contribution in [3.05, 3.63) is 71.5 Å². The second kappa shape index (κ2) is 7.71. The van der Waals surface area contributed by atoms with Gasteiger partial charge in [-0.25, -0.2) is 4.39 Å². The van der Waals surface area contributed by atoms with Gasteiger partial charge in [-0.05, 0) is 24.7 Å². The summed E-state index contributed by atoms with van der Waals surface area (Å²) in [5, 5.41) is 8.30. The summed E-state index contributed by atoms with van der Waals surface area (Å²) in [5.74, 6) is 0.0884. The van der Waals surface area contributed by atoms with Crippen LogP contribution < -0.4 is 10.2 Å². The predicted molar refractivity (Wildman–Crippen MR) is 127 cm³/mol. The number of para-hydroxylation sites is 1. The zero-order valence-electron chi connectivity index (χ0n) is 18.3. The number of aromatic nitrogens is 1. The molecule has 4 aromatic rings. The number of hydrogen-bond acceptors (Lipinski definition) is 6. The number of ketones is 1. The predicted octanol–water partition coefficient (Wildman–Crippen LogP) is 5.06. The molecule has 1 aromatic heterocycles. The van der Waals surface area contributed by atoms with Crippen LogP contribution in [0.25, 0.3) is 22.2 Å². The normalized spacial score (nSPS) is 15.7. The lowest BCUT2D eigenvalue weighted by atomic mass is 9.86. The fourth-order valence-electron chi connectivity index (χ4n) is 4.89. The molecule has 166 valence electrons. The second-order valence-corrected chi connectivity index (χ2v) is 8.45. The van der Waals surface area contributed by atoms with E-state index in [-0.39, 0.29) is 11.6 Å². The van der Waals surface area contributed by atoms with Crippen molar-refractivity contribution >= 4 is 33.7 Å². The summed E-state index contributed by atoms with van der Waals surface area (Å²) in [6.07, 6.45) is 0. The fourth-order valence-corrected chi connectivity index (χ4v) is 4.89. The van der Waals surface area contributed by atoms with E-state index in [4.69, 9.17) is 4.52 Å². The molecule has 0 saturated carbocycles. The minimum absolute atomic E-state index is 0.118. The van der Waals surface area contributed by atoms with Crippen LogP contribution in [0.1, 0.15) is 22.8 Å². The lowest BCUT2D eigenvalue weighted by Crippen LogP contribution is -2.46. The third-order valence-corrected chi connectivity index (χ3v) is 6.68. The zero-order chi connectivity index (χ0) is 22.5. The molecule has 1 aliphatic carbocycles. The molecule has 33 heavy (non-hydrogen) atoms. The molecule has 0 radical (unpaired) electrons. The number of anilines is 3. The van der Waals surface area contributed by atoms with Gasteiger partial charge in [0.1, 0.15) is 11.3 Å². The number of carbonyl (C=O) groups excluding carboxylic acids is 1. The molecule has 0 atom stereocenters. The van der Waals surface area contributed by atoms with Gasteiger partial charge in [-0.2, -0.15) is 0 Å². The molecule has 0 bridgehead atoms. The molecule has 2 aliphatic rings. The molecule has 1 N–H and O–H groups in total. The first-order chi connectivity index (χ1) is 16.2. The summed E-state index contributed by atoms with van der Waals surface area (Å²) in [6, 6.07) is 15.8.